The molecule has 0 fully saturated rings. The van der Waals surface area contributed by atoms with Crippen molar-refractivity contribution in [2.24, 2.45) is 0 Å². The molecule has 2 aromatic rings. The number of amides is 1. The number of thioether (sulfide) groups is 1. The first-order valence-corrected chi connectivity index (χ1v) is 7.42. The molecule has 0 heterocycles. The molecule has 2 rings (SSSR count). The summed E-state index contributed by atoms with van der Waals surface area (Å²) in [7, 11) is 1.74. The van der Waals surface area contributed by atoms with Crippen LogP contribution in [-0.4, -0.2) is 30.2 Å². The first kappa shape index (κ1) is 14.4. The number of carbonyl (C=O) groups excluding carboxylic acids is 1. The maximum absolute atomic E-state index is 11.9. The van der Waals surface area contributed by atoms with Gasteiger partial charge in [0.15, 0.2) is 0 Å². The van der Waals surface area contributed by atoms with Crippen LogP contribution in [0.25, 0.3) is 10.8 Å². The zero-order chi connectivity index (χ0) is 14.4. The molecule has 0 aromatic heterocycles. The number of hydrogen-bond donors (Lipinski definition) is 0. The second-order valence-corrected chi connectivity index (χ2v) is 5.57. The molecule has 0 unspecified atom stereocenters. The highest BCUT2D eigenvalue weighted by molar-refractivity contribution is 8.00. The van der Waals surface area contributed by atoms with Crippen LogP contribution in [0.15, 0.2) is 47.4 Å². The lowest BCUT2D eigenvalue weighted by molar-refractivity contribution is -0.127. The molecule has 0 bridgehead atoms. The predicted molar refractivity (Wildman–Crippen MR) is 82.5 cm³/mol. The van der Waals surface area contributed by atoms with E-state index < -0.39 is 0 Å². The minimum absolute atomic E-state index is 0.0541. The van der Waals surface area contributed by atoms with Crippen LogP contribution >= 0.6 is 11.8 Å². The second-order valence-electron chi connectivity index (χ2n) is 4.52. The van der Waals surface area contributed by atoms with Gasteiger partial charge in [0.25, 0.3) is 0 Å². The summed E-state index contributed by atoms with van der Waals surface area (Å²) < 4.78 is 0. The SMILES string of the molecule is CN(CCC#N)C(=O)CSc1ccc2ccccc2c1. The number of rotatable bonds is 5. The highest BCUT2D eigenvalue weighted by Crippen LogP contribution is 2.23. The molecule has 4 heteroatoms. The zero-order valence-electron chi connectivity index (χ0n) is 11.4. The van der Waals surface area contributed by atoms with E-state index in [0.717, 1.165) is 4.90 Å². The maximum Gasteiger partial charge on any atom is 0.232 e. The molecule has 0 radical (unpaired) electrons. The van der Waals surface area contributed by atoms with Gasteiger partial charge in [-0.3, -0.25) is 4.79 Å². The summed E-state index contributed by atoms with van der Waals surface area (Å²) in [6.07, 6.45) is 0.378. The van der Waals surface area contributed by atoms with Crippen molar-refractivity contribution in [1.82, 2.24) is 4.90 Å². The third-order valence-corrected chi connectivity index (χ3v) is 4.05. The number of nitrogens with zero attached hydrogens (tertiary/aromatic N) is 2. The van der Waals surface area contributed by atoms with Gasteiger partial charge in [0.2, 0.25) is 5.91 Å². The minimum Gasteiger partial charge on any atom is -0.344 e. The van der Waals surface area contributed by atoms with E-state index in [1.54, 1.807) is 11.9 Å². The van der Waals surface area contributed by atoms with Crippen molar-refractivity contribution in [3.63, 3.8) is 0 Å². The van der Waals surface area contributed by atoms with Gasteiger partial charge in [-0.2, -0.15) is 5.26 Å². The molecule has 0 atom stereocenters. The number of nitriles is 1. The van der Waals surface area contributed by atoms with E-state index in [0.29, 0.717) is 18.7 Å². The molecule has 102 valence electrons. The fourth-order valence-corrected chi connectivity index (χ4v) is 2.74. The molecular formula is C16H16N2OS. The summed E-state index contributed by atoms with van der Waals surface area (Å²) >= 11 is 1.53. The van der Waals surface area contributed by atoms with Crippen LogP contribution in [-0.2, 0) is 4.79 Å². The number of hydrogen-bond acceptors (Lipinski definition) is 3. The summed E-state index contributed by atoms with van der Waals surface area (Å²) in [5.74, 6) is 0.457. The Morgan fingerprint density at radius 3 is 2.75 bits per heavy atom. The fraction of sp³-hybridized carbons (Fsp3) is 0.250. The lowest BCUT2D eigenvalue weighted by Gasteiger charge is -2.15. The Labute approximate surface area is 123 Å². The first-order chi connectivity index (χ1) is 9.70. The van der Waals surface area contributed by atoms with E-state index in [1.165, 1.54) is 22.5 Å². The summed E-state index contributed by atoms with van der Waals surface area (Å²) in [5.41, 5.74) is 0. The van der Waals surface area contributed by atoms with Crippen LogP contribution in [0, 0.1) is 11.3 Å². The van der Waals surface area contributed by atoms with E-state index in [4.69, 9.17) is 5.26 Å². The lowest BCUT2D eigenvalue weighted by Crippen LogP contribution is -2.29. The monoisotopic (exact) mass is 284 g/mol. The molecule has 0 saturated carbocycles. The number of carbonyl (C=O) groups is 1. The van der Waals surface area contributed by atoms with Crippen molar-refractivity contribution in [3.05, 3.63) is 42.5 Å². The van der Waals surface area contributed by atoms with Crippen molar-refractivity contribution in [2.75, 3.05) is 19.3 Å². The Morgan fingerprint density at radius 2 is 2.00 bits per heavy atom. The topological polar surface area (TPSA) is 44.1 Å². The normalized spacial score (nSPS) is 10.2. The Morgan fingerprint density at radius 1 is 1.25 bits per heavy atom. The Kier molecular flexibility index (Phi) is 5.03. The third-order valence-electron chi connectivity index (χ3n) is 3.07. The summed E-state index contributed by atoms with van der Waals surface area (Å²) in [6.45, 7) is 0.494. The molecule has 0 aliphatic rings. The molecule has 0 aliphatic carbocycles. The van der Waals surface area contributed by atoms with Gasteiger partial charge in [0.05, 0.1) is 18.2 Å². The van der Waals surface area contributed by atoms with Crippen LogP contribution < -0.4 is 0 Å². The molecule has 0 spiro atoms. The predicted octanol–water partition coefficient (Wildman–Crippen LogP) is 3.30. The average molecular weight is 284 g/mol. The van der Waals surface area contributed by atoms with Gasteiger partial charge in [-0.15, -0.1) is 11.8 Å². The molecule has 1 amide bonds. The van der Waals surface area contributed by atoms with E-state index >= 15 is 0 Å². The zero-order valence-corrected chi connectivity index (χ0v) is 12.2. The molecule has 0 saturated heterocycles. The molecule has 2 aromatic carbocycles. The Balaban J connectivity index is 1.95. The van der Waals surface area contributed by atoms with Crippen LogP contribution in [0.3, 0.4) is 0 Å². The largest absolute Gasteiger partial charge is 0.344 e. The van der Waals surface area contributed by atoms with Gasteiger partial charge in [-0.25, -0.2) is 0 Å². The van der Waals surface area contributed by atoms with Crippen LogP contribution in [0.4, 0.5) is 0 Å². The molecule has 20 heavy (non-hydrogen) atoms. The Hall–Kier alpha value is -1.99. The van der Waals surface area contributed by atoms with Crippen LogP contribution in [0.1, 0.15) is 6.42 Å². The van der Waals surface area contributed by atoms with Gasteiger partial charge in [0.1, 0.15) is 0 Å². The van der Waals surface area contributed by atoms with Gasteiger partial charge in [0, 0.05) is 18.5 Å². The molecule has 0 N–H and O–H groups in total. The van der Waals surface area contributed by atoms with E-state index in [9.17, 15) is 4.79 Å². The molecule has 3 nitrogen and oxygen atoms in total. The minimum atomic E-state index is 0.0541. The fourth-order valence-electron chi connectivity index (χ4n) is 1.85. The van der Waals surface area contributed by atoms with Crippen LogP contribution in [0.2, 0.25) is 0 Å². The first-order valence-electron chi connectivity index (χ1n) is 6.43. The number of benzene rings is 2. The van der Waals surface area contributed by atoms with Gasteiger partial charge >= 0.3 is 0 Å². The Bertz CT molecular complexity index is 648. The quantitative estimate of drug-likeness (QED) is 0.791. The van der Waals surface area contributed by atoms with Gasteiger partial charge in [-0.1, -0.05) is 30.3 Å². The van der Waals surface area contributed by atoms with Crippen molar-refractivity contribution in [3.8, 4) is 6.07 Å². The molecular weight excluding hydrogens is 268 g/mol. The number of fused-ring (bicyclic) bond motifs is 1. The summed E-state index contributed by atoms with van der Waals surface area (Å²) in [6, 6.07) is 16.4. The van der Waals surface area contributed by atoms with E-state index in [-0.39, 0.29) is 5.91 Å². The van der Waals surface area contributed by atoms with E-state index in [1.807, 2.05) is 24.3 Å². The van der Waals surface area contributed by atoms with Gasteiger partial charge < -0.3 is 4.90 Å². The maximum atomic E-state index is 11.9. The van der Waals surface area contributed by atoms with E-state index in [2.05, 4.69) is 24.3 Å². The standard InChI is InChI=1S/C16H16N2OS/c1-18(10-4-9-17)16(19)12-20-15-8-7-13-5-2-3-6-14(13)11-15/h2-3,5-8,11H,4,10,12H2,1H3. The smallest absolute Gasteiger partial charge is 0.232 e. The highest BCUT2D eigenvalue weighted by atomic mass is 32.2. The second kappa shape index (κ2) is 6.97. The van der Waals surface area contributed by atoms with Crippen molar-refractivity contribution < 1.29 is 4.79 Å². The third kappa shape index (κ3) is 3.75. The summed E-state index contributed by atoms with van der Waals surface area (Å²) in [4.78, 5) is 14.6. The summed E-state index contributed by atoms with van der Waals surface area (Å²) in [5, 5.41) is 10.9. The van der Waals surface area contributed by atoms with Crippen molar-refractivity contribution in [1.29, 1.82) is 5.26 Å². The lowest BCUT2D eigenvalue weighted by atomic mass is 10.1. The average Bonchev–Trinajstić information content (AvgIpc) is 2.50. The van der Waals surface area contributed by atoms with Gasteiger partial charge in [-0.05, 0) is 22.9 Å². The highest BCUT2D eigenvalue weighted by Gasteiger charge is 2.08. The van der Waals surface area contributed by atoms with Crippen molar-refractivity contribution >= 4 is 28.4 Å². The van der Waals surface area contributed by atoms with Crippen molar-refractivity contribution in [2.45, 2.75) is 11.3 Å². The van der Waals surface area contributed by atoms with Crippen LogP contribution in [0.5, 0.6) is 0 Å². The molecule has 0 aliphatic heterocycles.